The average molecular weight is 363 g/mol. The number of carbonyl (C=O) groups is 1. The van der Waals surface area contributed by atoms with Crippen molar-refractivity contribution in [2.75, 3.05) is 17.2 Å². The van der Waals surface area contributed by atoms with Gasteiger partial charge in [0, 0.05) is 25.0 Å². The van der Waals surface area contributed by atoms with Crippen LogP contribution >= 0.6 is 0 Å². The van der Waals surface area contributed by atoms with E-state index in [1.807, 2.05) is 37.3 Å². The quantitative estimate of drug-likeness (QED) is 0.668. The van der Waals surface area contributed by atoms with Crippen molar-refractivity contribution in [2.24, 2.45) is 0 Å². The first-order valence-corrected chi connectivity index (χ1v) is 8.67. The number of anilines is 2. The number of amides is 1. The summed E-state index contributed by atoms with van der Waals surface area (Å²) in [5, 5.41) is 6.06. The van der Waals surface area contributed by atoms with Crippen LogP contribution in [-0.2, 0) is 6.54 Å². The molecule has 1 aromatic carbocycles. The molecular formula is C20H21N5O2. The van der Waals surface area contributed by atoms with E-state index in [4.69, 9.17) is 4.74 Å². The Morgan fingerprint density at radius 3 is 2.67 bits per heavy atom. The molecule has 7 nitrogen and oxygen atoms in total. The lowest BCUT2D eigenvalue weighted by molar-refractivity contribution is 0.102. The Morgan fingerprint density at radius 1 is 1.11 bits per heavy atom. The van der Waals surface area contributed by atoms with Gasteiger partial charge in [0.2, 0.25) is 0 Å². The third-order valence-corrected chi connectivity index (χ3v) is 3.73. The minimum atomic E-state index is -0.320. The molecule has 0 fully saturated rings. The van der Waals surface area contributed by atoms with E-state index in [0.717, 1.165) is 5.56 Å². The van der Waals surface area contributed by atoms with Crippen LogP contribution in [0.15, 0.2) is 54.9 Å². The number of aryl methyl sites for hydroxylation is 1. The molecule has 27 heavy (non-hydrogen) atoms. The number of carbonyl (C=O) groups excluding carboxylic acids is 1. The molecule has 0 aliphatic carbocycles. The maximum absolute atomic E-state index is 12.7. The molecule has 0 bridgehead atoms. The van der Waals surface area contributed by atoms with Crippen molar-refractivity contribution in [1.29, 1.82) is 0 Å². The van der Waals surface area contributed by atoms with Gasteiger partial charge in [-0.3, -0.25) is 9.78 Å². The predicted molar refractivity (Wildman–Crippen MR) is 104 cm³/mol. The van der Waals surface area contributed by atoms with Crippen LogP contribution in [-0.4, -0.2) is 27.5 Å². The molecule has 0 saturated heterocycles. The lowest BCUT2D eigenvalue weighted by Crippen LogP contribution is -2.16. The first-order valence-electron chi connectivity index (χ1n) is 8.67. The molecule has 0 unspecified atom stereocenters. The summed E-state index contributed by atoms with van der Waals surface area (Å²) in [6.45, 7) is 4.74. The van der Waals surface area contributed by atoms with Crippen LogP contribution in [0.3, 0.4) is 0 Å². The van der Waals surface area contributed by atoms with Crippen LogP contribution in [0, 0.1) is 6.92 Å². The van der Waals surface area contributed by atoms with Gasteiger partial charge in [-0.05, 0) is 43.7 Å². The summed E-state index contributed by atoms with van der Waals surface area (Å²) < 4.78 is 5.54. The Hall–Kier alpha value is -3.48. The van der Waals surface area contributed by atoms with Crippen LogP contribution in [0.2, 0.25) is 0 Å². The van der Waals surface area contributed by atoms with Gasteiger partial charge in [-0.25, -0.2) is 9.97 Å². The first kappa shape index (κ1) is 18.3. The summed E-state index contributed by atoms with van der Waals surface area (Å²) in [5.74, 6) is 1.40. The number of para-hydroxylation sites is 2. The zero-order chi connectivity index (χ0) is 19.1. The molecule has 0 spiro atoms. The highest BCUT2D eigenvalue weighted by Crippen LogP contribution is 2.24. The molecule has 2 aromatic heterocycles. The minimum absolute atomic E-state index is 0.283. The number of rotatable bonds is 7. The number of aromatic nitrogens is 3. The molecule has 2 heterocycles. The van der Waals surface area contributed by atoms with Crippen LogP contribution in [0.1, 0.15) is 28.8 Å². The highest BCUT2D eigenvalue weighted by Gasteiger charge is 2.13. The fraction of sp³-hybridized carbons (Fsp3) is 0.200. The molecule has 0 saturated carbocycles. The van der Waals surface area contributed by atoms with Crippen LogP contribution in [0.25, 0.3) is 0 Å². The van der Waals surface area contributed by atoms with E-state index < -0.39 is 0 Å². The summed E-state index contributed by atoms with van der Waals surface area (Å²) in [6.07, 6.45) is 3.47. The molecular weight excluding hydrogens is 342 g/mol. The Labute approximate surface area is 157 Å². The molecule has 0 atom stereocenters. The van der Waals surface area contributed by atoms with Crippen molar-refractivity contribution >= 4 is 17.4 Å². The van der Waals surface area contributed by atoms with E-state index in [0.29, 0.717) is 36.2 Å². The van der Waals surface area contributed by atoms with E-state index in [2.05, 4.69) is 25.6 Å². The van der Waals surface area contributed by atoms with E-state index in [9.17, 15) is 4.79 Å². The maximum atomic E-state index is 12.7. The van der Waals surface area contributed by atoms with Gasteiger partial charge < -0.3 is 15.4 Å². The molecule has 3 aromatic rings. The van der Waals surface area contributed by atoms with Crippen molar-refractivity contribution in [1.82, 2.24) is 15.0 Å². The number of nitrogens with one attached hydrogen (secondary N) is 2. The van der Waals surface area contributed by atoms with Gasteiger partial charge in [-0.15, -0.1) is 0 Å². The Balaban J connectivity index is 1.74. The maximum Gasteiger partial charge on any atom is 0.274 e. The smallest absolute Gasteiger partial charge is 0.274 e. The lowest BCUT2D eigenvalue weighted by atomic mass is 10.2. The molecule has 0 aliphatic rings. The number of benzene rings is 1. The number of hydrogen-bond donors (Lipinski definition) is 2. The third kappa shape index (κ3) is 5.01. The third-order valence-electron chi connectivity index (χ3n) is 3.73. The van der Waals surface area contributed by atoms with Gasteiger partial charge in [0.05, 0.1) is 12.3 Å². The standard InChI is InChI=1S/C20H21N5O2/c1-3-27-18-7-5-4-6-16(18)25-20(26)17-12-19(24-14(2)23-17)22-13-15-8-10-21-11-9-15/h4-12H,3,13H2,1-2H3,(H,25,26)(H,22,23,24). The van der Waals surface area contributed by atoms with Crippen molar-refractivity contribution in [3.8, 4) is 5.75 Å². The molecule has 1 amide bonds. The predicted octanol–water partition coefficient (Wildman–Crippen LogP) is 3.44. The van der Waals surface area contributed by atoms with E-state index in [1.54, 1.807) is 31.5 Å². The summed E-state index contributed by atoms with van der Waals surface area (Å²) >= 11 is 0. The molecule has 0 radical (unpaired) electrons. The SMILES string of the molecule is CCOc1ccccc1NC(=O)c1cc(NCc2ccncc2)nc(C)n1. The topological polar surface area (TPSA) is 89.0 Å². The van der Waals surface area contributed by atoms with Gasteiger partial charge in [0.25, 0.3) is 5.91 Å². The number of pyridine rings is 1. The average Bonchev–Trinajstić information content (AvgIpc) is 2.68. The Morgan fingerprint density at radius 2 is 1.89 bits per heavy atom. The van der Waals surface area contributed by atoms with E-state index in [-0.39, 0.29) is 11.6 Å². The second kappa shape index (κ2) is 8.75. The minimum Gasteiger partial charge on any atom is -0.492 e. The fourth-order valence-electron chi connectivity index (χ4n) is 2.51. The summed E-state index contributed by atoms with van der Waals surface area (Å²) in [5.41, 5.74) is 1.95. The van der Waals surface area contributed by atoms with Crippen LogP contribution < -0.4 is 15.4 Å². The molecule has 138 valence electrons. The molecule has 2 N–H and O–H groups in total. The van der Waals surface area contributed by atoms with Crippen molar-refractivity contribution in [3.05, 3.63) is 71.9 Å². The lowest BCUT2D eigenvalue weighted by Gasteiger charge is -2.12. The highest BCUT2D eigenvalue weighted by atomic mass is 16.5. The summed E-state index contributed by atoms with van der Waals surface area (Å²) in [6, 6.07) is 12.8. The fourth-order valence-corrected chi connectivity index (χ4v) is 2.51. The zero-order valence-corrected chi connectivity index (χ0v) is 15.3. The van der Waals surface area contributed by atoms with Gasteiger partial charge in [-0.1, -0.05) is 12.1 Å². The van der Waals surface area contributed by atoms with Crippen molar-refractivity contribution in [3.63, 3.8) is 0 Å². The highest BCUT2D eigenvalue weighted by molar-refractivity contribution is 6.04. The monoisotopic (exact) mass is 363 g/mol. The molecule has 7 heteroatoms. The van der Waals surface area contributed by atoms with E-state index >= 15 is 0 Å². The van der Waals surface area contributed by atoms with Gasteiger partial charge in [-0.2, -0.15) is 0 Å². The number of hydrogen-bond acceptors (Lipinski definition) is 6. The van der Waals surface area contributed by atoms with Gasteiger partial charge >= 0.3 is 0 Å². The van der Waals surface area contributed by atoms with Crippen molar-refractivity contribution < 1.29 is 9.53 Å². The first-order chi connectivity index (χ1) is 13.2. The van der Waals surface area contributed by atoms with Gasteiger partial charge in [0.1, 0.15) is 23.1 Å². The van der Waals surface area contributed by atoms with E-state index in [1.165, 1.54) is 0 Å². The second-order valence-electron chi connectivity index (χ2n) is 5.78. The second-order valence-corrected chi connectivity index (χ2v) is 5.78. The number of ether oxygens (including phenoxy) is 1. The molecule has 0 aliphatic heterocycles. The zero-order valence-electron chi connectivity index (χ0n) is 15.3. The van der Waals surface area contributed by atoms with Crippen LogP contribution in [0.4, 0.5) is 11.5 Å². The normalized spacial score (nSPS) is 10.3. The summed E-state index contributed by atoms with van der Waals surface area (Å²) in [7, 11) is 0. The Kier molecular flexibility index (Phi) is 5.94. The molecule has 3 rings (SSSR count). The summed E-state index contributed by atoms with van der Waals surface area (Å²) in [4.78, 5) is 25.2. The Bertz CT molecular complexity index is 915. The largest absolute Gasteiger partial charge is 0.492 e. The van der Waals surface area contributed by atoms with Crippen molar-refractivity contribution in [2.45, 2.75) is 20.4 Å². The number of nitrogens with zero attached hydrogens (tertiary/aromatic N) is 3. The van der Waals surface area contributed by atoms with Gasteiger partial charge in [0.15, 0.2) is 0 Å². The van der Waals surface area contributed by atoms with Crippen LogP contribution in [0.5, 0.6) is 5.75 Å².